The van der Waals surface area contributed by atoms with Gasteiger partial charge >= 0.3 is 20.4 Å². The van der Waals surface area contributed by atoms with Crippen LogP contribution in [0.15, 0.2) is 109 Å². The predicted octanol–water partition coefficient (Wildman–Crippen LogP) is 5.87. The summed E-state index contributed by atoms with van der Waals surface area (Å²) >= 11 is 0. The van der Waals surface area contributed by atoms with Gasteiger partial charge < -0.3 is 11.5 Å². The minimum atomic E-state index is 0. The minimum absolute atomic E-state index is 0. The van der Waals surface area contributed by atoms with Crippen LogP contribution in [0, 0.1) is 0 Å². The summed E-state index contributed by atoms with van der Waals surface area (Å²) in [5.74, 6) is 0. The third-order valence-electron chi connectivity index (χ3n) is 4.09. The summed E-state index contributed by atoms with van der Waals surface area (Å²) < 4.78 is 0. The zero-order chi connectivity index (χ0) is 18.2. The van der Waals surface area contributed by atoms with Crippen LogP contribution in [0.5, 0.6) is 0 Å². The second kappa shape index (κ2) is 10.3. The minimum Gasteiger partial charge on any atom is -0.398 e. The number of anilines is 2. The topological polar surface area (TPSA) is 52.0 Å². The fraction of sp³-hybridized carbons (Fsp3) is 0. The summed E-state index contributed by atoms with van der Waals surface area (Å²) in [4.78, 5) is 0. The van der Waals surface area contributed by atoms with E-state index in [1.807, 2.05) is 84.9 Å². The van der Waals surface area contributed by atoms with E-state index in [0.29, 0.717) is 0 Å². The summed E-state index contributed by atoms with van der Waals surface area (Å²) in [7, 11) is 0. The SMILES string of the molecule is Nc1ccccc1-c1ccccc1.Nc1ccccc1-c1ccccc1.[Pd+2]. The van der Waals surface area contributed by atoms with Gasteiger partial charge in [0.2, 0.25) is 0 Å². The molecule has 136 valence electrons. The largest absolute Gasteiger partial charge is 2.00 e. The molecule has 4 rings (SSSR count). The molecule has 0 radical (unpaired) electrons. The van der Waals surface area contributed by atoms with Gasteiger partial charge in [0.1, 0.15) is 0 Å². The molecule has 0 atom stereocenters. The molecule has 0 aliphatic heterocycles. The summed E-state index contributed by atoms with van der Waals surface area (Å²) in [6, 6.07) is 36.1. The van der Waals surface area contributed by atoms with E-state index in [9.17, 15) is 0 Å². The van der Waals surface area contributed by atoms with Crippen molar-refractivity contribution in [2.45, 2.75) is 0 Å². The molecule has 0 saturated carbocycles. The molecule has 0 amide bonds. The van der Waals surface area contributed by atoms with Crippen molar-refractivity contribution in [3.8, 4) is 22.3 Å². The number of nitrogen functional groups attached to an aromatic ring is 2. The van der Waals surface area contributed by atoms with Crippen molar-refractivity contribution in [1.29, 1.82) is 0 Å². The Kier molecular flexibility index (Phi) is 7.83. The number of para-hydroxylation sites is 2. The van der Waals surface area contributed by atoms with E-state index in [0.717, 1.165) is 22.5 Å². The van der Waals surface area contributed by atoms with E-state index in [2.05, 4.69) is 24.3 Å². The van der Waals surface area contributed by atoms with E-state index >= 15 is 0 Å². The van der Waals surface area contributed by atoms with Gasteiger partial charge in [-0.15, -0.1) is 0 Å². The second-order valence-electron chi connectivity index (χ2n) is 5.91. The molecule has 0 fully saturated rings. The van der Waals surface area contributed by atoms with Gasteiger partial charge in [0.25, 0.3) is 0 Å². The van der Waals surface area contributed by atoms with Gasteiger partial charge in [-0.25, -0.2) is 0 Å². The summed E-state index contributed by atoms with van der Waals surface area (Å²) in [6.07, 6.45) is 0. The van der Waals surface area contributed by atoms with Crippen LogP contribution in [-0.2, 0) is 20.4 Å². The van der Waals surface area contributed by atoms with Crippen molar-refractivity contribution in [2.75, 3.05) is 11.5 Å². The summed E-state index contributed by atoms with van der Waals surface area (Å²) in [5.41, 5.74) is 17.9. The Morgan fingerprint density at radius 3 is 1.00 bits per heavy atom. The van der Waals surface area contributed by atoms with Crippen LogP contribution in [0.25, 0.3) is 22.3 Å². The van der Waals surface area contributed by atoms with Gasteiger partial charge in [0.15, 0.2) is 0 Å². The van der Waals surface area contributed by atoms with Gasteiger partial charge in [-0.05, 0) is 23.3 Å². The molecule has 4 N–H and O–H groups in total. The quantitative estimate of drug-likeness (QED) is 0.300. The third-order valence-corrected chi connectivity index (χ3v) is 4.09. The summed E-state index contributed by atoms with van der Waals surface area (Å²) in [5, 5.41) is 0. The van der Waals surface area contributed by atoms with Crippen molar-refractivity contribution in [3.05, 3.63) is 109 Å². The molecule has 2 nitrogen and oxygen atoms in total. The molecule has 0 aliphatic rings. The molecule has 4 aromatic rings. The maximum atomic E-state index is 5.85. The van der Waals surface area contributed by atoms with Crippen LogP contribution in [0.3, 0.4) is 0 Å². The Morgan fingerprint density at radius 1 is 0.370 bits per heavy atom. The Hall–Kier alpha value is -2.86. The number of nitrogens with two attached hydrogens (primary N) is 2. The maximum Gasteiger partial charge on any atom is 2.00 e. The number of benzene rings is 4. The van der Waals surface area contributed by atoms with Crippen LogP contribution < -0.4 is 11.5 Å². The van der Waals surface area contributed by atoms with Gasteiger partial charge in [0, 0.05) is 22.5 Å². The number of rotatable bonds is 2. The average molecular weight is 445 g/mol. The first-order valence-electron chi connectivity index (χ1n) is 8.55. The standard InChI is InChI=1S/2C12H11N.Pd/c2*13-12-9-5-4-8-11(12)10-6-2-1-3-7-10;/h2*1-9H,13H2;/q;;+2. The fourth-order valence-corrected chi connectivity index (χ4v) is 2.76. The molecular formula is C24H22N2Pd+2. The van der Waals surface area contributed by atoms with Crippen molar-refractivity contribution in [1.82, 2.24) is 0 Å². The van der Waals surface area contributed by atoms with Crippen molar-refractivity contribution in [2.24, 2.45) is 0 Å². The first-order valence-corrected chi connectivity index (χ1v) is 8.55. The number of hydrogen-bond donors (Lipinski definition) is 2. The van der Waals surface area contributed by atoms with Crippen LogP contribution in [-0.4, -0.2) is 0 Å². The number of hydrogen-bond acceptors (Lipinski definition) is 2. The zero-order valence-corrected chi connectivity index (χ0v) is 16.4. The Labute approximate surface area is 174 Å². The molecule has 4 aromatic carbocycles. The normalized spacial score (nSPS) is 9.48. The van der Waals surface area contributed by atoms with E-state index in [-0.39, 0.29) is 20.4 Å². The van der Waals surface area contributed by atoms with Gasteiger partial charge in [-0.1, -0.05) is 97.1 Å². The summed E-state index contributed by atoms with van der Waals surface area (Å²) in [6.45, 7) is 0. The van der Waals surface area contributed by atoms with Crippen LogP contribution >= 0.6 is 0 Å². The molecule has 0 saturated heterocycles. The van der Waals surface area contributed by atoms with Crippen LogP contribution in [0.1, 0.15) is 0 Å². The van der Waals surface area contributed by atoms with Gasteiger partial charge in [-0.2, -0.15) is 0 Å². The van der Waals surface area contributed by atoms with E-state index in [1.54, 1.807) is 0 Å². The third kappa shape index (κ3) is 5.56. The monoisotopic (exact) mass is 444 g/mol. The molecule has 0 bridgehead atoms. The van der Waals surface area contributed by atoms with E-state index in [4.69, 9.17) is 11.5 Å². The maximum absolute atomic E-state index is 5.85. The fourth-order valence-electron chi connectivity index (χ4n) is 2.76. The first kappa shape index (κ1) is 20.5. The van der Waals surface area contributed by atoms with Crippen LogP contribution in [0.4, 0.5) is 11.4 Å². The van der Waals surface area contributed by atoms with Crippen molar-refractivity contribution < 1.29 is 20.4 Å². The molecule has 0 aromatic heterocycles. The van der Waals surface area contributed by atoms with E-state index < -0.39 is 0 Å². The zero-order valence-electron chi connectivity index (χ0n) is 14.9. The molecule has 0 heterocycles. The second-order valence-corrected chi connectivity index (χ2v) is 5.91. The first-order chi connectivity index (χ1) is 12.8. The average Bonchev–Trinajstić information content (AvgIpc) is 2.71. The smallest absolute Gasteiger partial charge is 0.398 e. The van der Waals surface area contributed by atoms with Crippen molar-refractivity contribution in [3.63, 3.8) is 0 Å². The van der Waals surface area contributed by atoms with E-state index in [1.165, 1.54) is 11.1 Å². The molecule has 0 spiro atoms. The van der Waals surface area contributed by atoms with Gasteiger partial charge in [0.05, 0.1) is 0 Å². The molecule has 0 unspecified atom stereocenters. The molecule has 3 heteroatoms. The van der Waals surface area contributed by atoms with Crippen LogP contribution in [0.2, 0.25) is 0 Å². The Balaban J connectivity index is 0.000000187. The molecular weight excluding hydrogens is 423 g/mol. The molecule has 27 heavy (non-hydrogen) atoms. The molecule has 0 aliphatic carbocycles. The van der Waals surface area contributed by atoms with Gasteiger partial charge in [-0.3, -0.25) is 0 Å². The van der Waals surface area contributed by atoms with Crippen molar-refractivity contribution >= 4 is 11.4 Å². The Morgan fingerprint density at radius 2 is 0.667 bits per heavy atom. The Bertz CT molecular complexity index is 873. The predicted molar refractivity (Wildman–Crippen MR) is 113 cm³/mol.